The highest BCUT2D eigenvalue weighted by atomic mass is 16.3. The van der Waals surface area contributed by atoms with Crippen molar-refractivity contribution >= 4 is 11.8 Å². The van der Waals surface area contributed by atoms with Crippen LogP contribution in [0.25, 0.3) is 11.5 Å². The summed E-state index contributed by atoms with van der Waals surface area (Å²) in [5.41, 5.74) is 11.4. The number of furan rings is 1. The number of aromatic nitrogens is 2. The standard InChI is InChI=1S/C8H9N5O/c9-7-4-5(6-2-1-3-14-6)12-13(7)8(10)11/h1-4H,9H2,(H3,10,11). The molecule has 72 valence electrons. The van der Waals surface area contributed by atoms with Gasteiger partial charge < -0.3 is 15.9 Å². The van der Waals surface area contributed by atoms with Crippen LogP contribution in [0.5, 0.6) is 0 Å². The maximum Gasteiger partial charge on any atom is 0.215 e. The summed E-state index contributed by atoms with van der Waals surface area (Å²) in [4.78, 5) is 0. The molecule has 0 atom stereocenters. The topological polar surface area (TPSA) is 107 Å². The Hall–Kier alpha value is -2.24. The van der Waals surface area contributed by atoms with Crippen LogP contribution in [0.15, 0.2) is 28.9 Å². The number of anilines is 1. The monoisotopic (exact) mass is 191 g/mol. The quantitative estimate of drug-likeness (QED) is 0.449. The molecule has 2 rings (SSSR count). The minimum Gasteiger partial charge on any atom is -0.463 e. The average Bonchev–Trinajstić information content (AvgIpc) is 2.70. The van der Waals surface area contributed by atoms with E-state index in [4.69, 9.17) is 21.3 Å². The Balaban J connectivity index is 2.48. The maximum atomic E-state index is 7.18. The van der Waals surface area contributed by atoms with Gasteiger partial charge in [0.25, 0.3) is 0 Å². The maximum absolute atomic E-state index is 7.18. The number of nitrogens with zero attached hydrogens (tertiary/aromatic N) is 2. The molecule has 14 heavy (non-hydrogen) atoms. The molecule has 0 saturated carbocycles. The number of hydrogen-bond donors (Lipinski definition) is 3. The molecule has 0 unspecified atom stereocenters. The molecule has 5 N–H and O–H groups in total. The molecule has 0 spiro atoms. The molecule has 0 fully saturated rings. The van der Waals surface area contributed by atoms with Crippen molar-refractivity contribution in [3.05, 3.63) is 24.5 Å². The predicted molar refractivity (Wildman–Crippen MR) is 51.7 cm³/mol. The van der Waals surface area contributed by atoms with Gasteiger partial charge in [0.15, 0.2) is 5.76 Å². The Bertz CT molecular complexity index is 456. The highest BCUT2D eigenvalue weighted by Crippen LogP contribution is 2.19. The Morgan fingerprint density at radius 3 is 2.86 bits per heavy atom. The molecule has 0 aliphatic heterocycles. The molecule has 6 heteroatoms. The van der Waals surface area contributed by atoms with Gasteiger partial charge in [0, 0.05) is 6.07 Å². The van der Waals surface area contributed by atoms with E-state index in [0.29, 0.717) is 17.3 Å². The summed E-state index contributed by atoms with van der Waals surface area (Å²) in [6.07, 6.45) is 1.54. The zero-order valence-electron chi connectivity index (χ0n) is 7.27. The third kappa shape index (κ3) is 1.22. The van der Waals surface area contributed by atoms with Gasteiger partial charge in [0.2, 0.25) is 5.96 Å². The Kier molecular flexibility index (Phi) is 1.74. The number of nitrogens with one attached hydrogen (secondary N) is 1. The van der Waals surface area contributed by atoms with Gasteiger partial charge in [-0.3, -0.25) is 5.41 Å². The SMILES string of the molecule is N=C(N)n1nc(-c2ccco2)cc1N. The first-order chi connectivity index (χ1) is 6.68. The van der Waals surface area contributed by atoms with E-state index in [1.54, 1.807) is 18.2 Å². The van der Waals surface area contributed by atoms with Crippen LogP contribution in [0.3, 0.4) is 0 Å². The summed E-state index contributed by atoms with van der Waals surface area (Å²) >= 11 is 0. The lowest BCUT2D eigenvalue weighted by molar-refractivity contribution is 0.579. The number of hydrogen-bond acceptors (Lipinski definition) is 4. The second-order valence-corrected chi connectivity index (χ2v) is 2.73. The van der Waals surface area contributed by atoms with Gasteiger partial charge >= 0.3 is 0 Å². The first kappa shape index (κ1) is 8.36. The second kappa shape index (κ2) is 2.91. The first-order valence-corrected chi connectivity index (χ1v) is 3.92. The van der Waals surface area contributed by atoms with E-state index in [1.165, 1.54) is 6.26 Å². The van der Waals surface area contributed by atoms with E-state index in [-0.39, 0.29) is 5.96 Å². The van der Waals surface area contributed by atoms with E-state index in [1.807, 2.05) is 0 Å². The predicted octanol–water partition coefficient (Wildman–Crippen LogP) is 0.467. The van der Waals surface area contributed by atoms with E-state index in [0.717, 1.165) is 4.68 Å². The molecule has 0 radical (unpaired) electrons. The minimum atomic E-state index is -0.222. The van der Waals surface area contributed by atoms with Crippen molar-refractivity contribution in [2.75, 3.05) is 5.73 Å². The summed E-state index contributed by atoms with van der Waals surface area (Å²) in [5.74, 6) is 0.681. The third-order valence-electron chi connectivity index (χ3n) is 1.74. The lowest BCUT2D eigenvalue weighted by atomic mass is 10.3. The van der Waals surface area contributed by atoms with Crippen LogP contribution >= 0.6 is 0 Å². The average molecular weight is 191 g/mol. The van der Waals surface area contributed by atoms with E-state index in [9.17, 15) is 0 Å². The van der Waals surface area contributed by atoms with Gasteiger partial charge in [0.1, 0.15) is 11.5 Å². The van der Waals surface area contributed by atoms with Crippen LogP contribution in [0.4, 0.5) is 5.82 Å². The molecule has 0 aliphatic carbocycles. The van der Waals surface area contributed by atoms with Gasteiger partial charge in [-0.15, -0.1) is 0 Å². The molecular formula is C8H9N5O. The fourth-order valence-electron chi connectivity index (χ4n) is 1.13. The summed E-state index contributed by atoms with van der Waals surface area (Å²) in [6, 6.07) is 5.10. The van der Waals surface area contributed by atoms with E-state index < -0.39 is 0 Å². The fourth-order valence-corrected chi connectivity index (χ4v) is 1.13. The molecule has 0 aromatic carbocycles. The van der Waals surface area contributed by atoms with Gasteiger partial charge in [0.05, 0.1) is 6.26 Å². The Morgan fingerprint density at radius 2 is 2.36 bits per heavy atom. The first-order valence-electron chi connectivity index (χ1n) is 3.92. The highest BCUT2D eigenvalue weighted by Gasteiger charge is 2.10. The summed E-state index contributed by atoms with van der Waals surface area (Å²) in [7, 11) is 0. The molecule has 0 aliphatic rings. The minimum absolute atomic E-state index is 0.222. The van der Waals surface area contributed by atoms with Crippen LogP contribution in [0.2, 0.25) is 0 Å². The van der Waals surface area contributed by atoms with Crippen molar-refractivity contribution < 1.29 is 4.42 Å². The van der Waals surface area contributed by atoms with Gasteiger partial charge in [-0.2, -0.15) is 9.78 Å². The van der Waals surface area contributed by atoms with Crippen LogP contribution in [0, 0.1) is 5.41 Å². The van der Waals surface area contributed by atoms with Crippen molar-refractivity contribution in [3.63, 3.8) is 0 Å². The lowest BCUT2D eigenvalue weighted by Gasteiger charge is -1.97. The largest absolute Gasteiger partial charge is 0.463 e. The van der Waals surface area contributed by atoms with Crippen LogP contribution in [-0.2, 0) is 0 Å². The zero-order chi connectivity index (χ0) is 10.1. The molecule has 6 nitrogen and oxygen atoms in total. The van der Waals surface area contributed by atoms with E-state index in [2.05, 4.69) is 5.10 Å². The van der Waals surface area contributed by atoms with Crippen molar-refractivity contribution in [3.8, 4) is 11.5 Å². The highest BCUT2D eigenvalue weighted by molar-refractivity contribution is 5.80. The number of nitrogen functional groups attached to an aromatic ring is 2. The third-order valence-corrected chi connectivity index (χ3v) is 1.74. The Labute approximate surface area is 79.6 Å². The molecule has 2 aromatic rings. The molecule has 2 heterocycles. The summed E-state index contributed by atoms with van der Waals surface area (Å²) in [6.45, 7) is 0. The molecular weight excluding hydrogens is 182 g/mol. The van der Waals surface area contributed by atoms with E-state index >= 15 is 0 Å². The van der Waals surface area contributed by atoms with Crippen molar-refractivity contribution in [2.24, 2.45) is 5.73 Å². The van der Waals surface area contributed by atoms with Gasteiger partial charge in [-0.05, 0) is 12.1 Å². The van der Waals surface area contributed by atoms with Crippen molar-refractivity contribution in [2.45, 2.75) is 0 Å². The second-order valence-electron chi connectivity index (χ2n) is 2.73. The fraction of sp³-hybridized carbons (Fsp3) is 0. The number of nitrogens with two attached hydrogens (primary N) is 2. The Morgan fingerprint density at radius 1 is 1.57 bits per heavy atom. The van der Waals surface area contributed by atoms with Crippen LogP contribution in [0.1, 0.15) is 0 Å². The summed E-state index contributed by atoms with van der Waals surface area (Å²) < 4.78 is 6.26. The van der Waals surface area contributed by atoms with Gasteiger partial charge in [-0.25, -0.2) is 0 Å². The lowest BCUT2D eigenvalue weighted by Crippen LogP contribution is -2.23. The summed E-state index contributed by atoms with van der Waals surface area (Å²) in [5, 5.41) is 11.2. The van der Waals surface area contributed by atoms with Gasteiger partial charge in [-0.1, -0.05) is 0 Å². The number of rotatable bonds is 1. The molecule has 2 aromatic heterocycles. The molecule has 0 saturated heterocycles. The normalized spacial score (nSPS) is 10.3. The molecule has 0 amide bonds. The molecule has 0 bridgehead atoms. The van der Waals surface area contributed by atoms with Crippen molar-refractivity contribution in [1.82, 2.24) is 9.78 Å². The van der Waals surface area contributed by atoms with Crippen LogP contribution in [-0.4, -0.2) is 15.7 Å². The van der Waals surface area contributed by atoms with Crippen molar-refractivity contribution in [1.29, 1.82) is 5.41 Å². The van der Waals surface area contributed by atoms with Crippen LogP contribution < -0.4 is 11.5 Å². The zero-order valence-corrected chi connectivity index (χ0v) is 7.27. The smallest absolute Gasteiger partial charge is 0.215 e.